The van der Waals surface area contributed by atoms with Crippen molar-refractivity contribution in [3.05, 3.63) is 34.9 Å². The SMILES string of the molecule is C/C=C(\C)C(=O)Oc1cc2c(c(OC)c1OC)-c1c(cc(OC)c(OC)c1OC)C[C@](C)(O)[C@@H](C)C2. The van der Waals surface area contributed by atoms with Crippen molar-refractivity contribution in [2.75, 3.05) is 35.5 Å². The highest BCUT2D eigenvalue weighted by atomic mass is 16.6. The van der Waals surface area contributed by atoms with E-state index in [9.17, 15) is 9.90 Å². The van der Waals surface area contributed by atoms with Gasteiger partial charge in [-0.1, -0.05) is 13.0 Å². The molecule has 0 aromatic heterocycles. The molecule has 2 aromatic carbocycles. The molecule has 2 atom stereocenters. The highest BCUT2D eigenvalue weighted by molar-refractivity contribution is 5.92. The molecule has 0 saturated heterocycles. The van der Waals surface area contributed by atoms with Crippen molar-refractivity contribution in [2.24, 2.45) is 5.92 Å². The van der Waals surface area contributed by atoms with Gasteiger partial charge in [-0.2, -0.15) is 0 Å². The zero-order valence-electron chi connectivity index (χ0n) is 22.5. The number of aliphatic hydroxyl groups is 1. The molecule has 0 spiro atoms. The van der Waals surface area contributed by atoms with E-state index in [0.717, 1.165) is 11.1 Å². The minimum absolute atomic E-state index is 0.151. The Kier molecular flexibility index (Phi) is 8.09. The molecule has 0 fully saturated rings. The smallest absolute Gasteiger partial charge is 0.338 e. The number of ether oxygens (including phenoxy) is 6. The summed E-state index contributed by atoms with van der Waals surface area (Å²) in [5.74, 6) is 1.58. The van der Waals surface area contributed by atoms with Gasteiger partial charge in [0.05, 0.1) is 41.2 Å². The number of carbonyl (C=O) groups excluding carboxylic acids is 1. The Labute approximate surface area is 212 Å². The summed E-state index contributed by atoms with van der Waals surface area (Å²) in [4.78, 5) is 12.6. The third-order valence-electron chi connectivity index (χ3n) is 6.95. The van der Waals surface area contributed by atoms with Crippen LogP contribution in [0, 0.1) is 5.92 Å². The van der Waals surface area contributed by atoms with Crippen LogP contribution in [0.15, 0.2) is 23.8 Å². The fraction of sp³-hybridized carbons (Fsp3) is 0.464. The quantitative estimate of drug-likeness (QED) is 0.331. The average Bonchev–Trinajstić information content (AvgIpc) is 2.86. The summed E-state index contributed by atoms with van der Waals surface area (Å²) in [6.45, 7) is 7.25. The van der Waals surface area contributed by atoms with Gasteiger partial charge in [-0.3, -0.25) is 0 Å². The van der Waals surface area contributed by atoms with Gasteiger partial charge in [-0.25, -0.2) is 4.79 Å². The van der Waals surface area contributed by atoms with Gasteiger partial charge in [0.2, 0.25) is 11.5 Å². The molecule has 0 unspecified atom stereocenters. The fourth-order valence-electron chi connectivity index (χ4n) is 4.59. The van der Waals surface area contributed by atoms with Crippen LogP contribution in [0.2, 0.25) is 0 Å². The van der Waals surface area contributed by atoms with Crippen LogP contribution in [-0.2, 0) is 17.6 Å². The first-order valence-electron chi connectivity index (χ1n) is 11.8. The van der Waals surface area contributed by atoms with Crippen LogP contribution in [0.1, 0.15) is 38.8 Å². The summed E-state index contributed by atoms with van der Waals surface area (Å²) in [6, 6.07) is 3.62. The van der Waals surface area contributed by atoms with Gasteiger partial charge in [0, 0.05) is 23.1 Å². The summed E-state index contributed by atoms with van der Waals surface area (Å²) < 4.78 is 34.5. The molecule has 1 aliphatic rings. The third-order valence-corrected chi connectivity index (χ3v) is 6.95. The maximum absolute atomic E-state index is 12.6. The Bertz CT molecular complexity index is 1180. The number of carbonyl (C=O) groups is 1. The van der Waals surface area contributed by atoms with E-state index in [0.29, 0.717) is 52.5 Å². The van der Waals surface area contributed by atoms with Crippen molar-refractivity contribution in [2.45, 2.75) is 46.1 Å². The third kappa shape index (κ3) is 4.69. The summed E-state index contributed by atoms with van der Waals surface area (Å²) in [5, 5.41) is 11.5. The molecule has 196 valence electrons. The van der Waals surface area contributed by atoms with Gasteiger partial charge < -0.3 is 33.5 Å². The molecule has 0 heterocycles. The fourth-order valence-corrected chi connectivity index (χ4v) is 4.59. The lowest BCUT2D eigenvalue weighted by Crippen LogP contribution is -2.37. The minimum atomic E-state index is -1.05. The predicted molar refractivity (Wildman–Crippen MR) is 137 cm³/mol. The second-order valence-corrected chi connectivity index (χ2v) is 9.16. The summed E-state index contributed by atoms with van der Waals surface area (Å²) in [7, 11) is 7.67. The Morgan fingerprint density at radius 1 is 0.889 bits per heavy atom. The van der Waals surface area contributed by atoms with E-state index >= 15 is 0 Å². The zero-order chi connectivity index (χ0) is 26.8. The van der Waals surface area contributed by atoms with Crippen LogP contribution < -0.4 is 28.4 Å². The van der Waals surface area contributed by atoms with E-state index in [4.69, 9.17) is 28.4 Å². The first kappa shape index (κ1) is 27.2. The second-order valence-electron chi connectivity index (χ2n) is 9.16. The number of hydrogen-bond donors (Lipinski definition) is 1. The molecule has 0 radical (unpaired) electrons. The Hall–Kier alpha value is -3.39. The molecule has 0 saturated carbocycles. The topological polar surface area (TPSA) is 92.7 Å². The van der Waals surface area contributed by atoms with Crippen LogP contribution in [0.25, 0.3) is 11.1 Å². The van der Waals surface area contributed by atoms with E-state index in [1.54, 1.807) is 47.3 Å². The largest absolute Gasteiger partial charge is 0.493 e. The zero-order valence-corrected chi connectivity index (χ0v) is 22.5. The van der Waals surface area contributed by atoms with Gasteiger partial charge in [0.1, 0.15) is 0 Å². The van der Waals surface area contributed by atoms with Crippen LogP contribution in [-0.4, -0.2) is 52.2 Å². The van der Waals surface area contributed by atoms with Crippen LogP contribution in [0.3, 0.4) is 0 Å². The van der Waals surface area contributed by atoms with Crippen molar-refractivity contribution in [3.8, 4) is 45.6 Å². The lowest BCUT2D eigenvalue weighted by atomic mass is 9.75. The van der Waals surface area contributed by atoms with Crippen molar-refractivity contribution >= 4 is 5.97 Å². The Morgan fingerprint density at radius 2 is 1.39 bits per heavy atom. The molecule has 0 bridgehead atoms. The lowest BCUT2D eigenvalue weighted by Gasteiger charge is -2.36. The Balaban J connectivity index is 2.48. The maximum atomic E-state index is 12.6. The normalized spacial score (nSPS) is 19.3. The second kappa shape index (κ2) is 10.7. The number of rotatable bonds is 7. The number of hydrogen-bond acceptors (Lipinski definition) is 8. The number of fused-ring (bicyclic) bond motifs is 3. The minimum Gasteiger partial charge on any atom is -0.493 e. The molecule has 36 heavy (non-hydrogen) atoms. The first-order valence-corrected chi connectivity index (χ1v) is 11.8. The molecule has 1 N–H and O–H groups in total. The Morgan fingerprint density at radius 3 is 1.89 bits per heavy atom. The maximum Gasteiger partial charge on any atom is 0.338 e. The number of benzene rings is 2. The molecule has 8 nitrogen and oxygen atoms in total. The van der Waals surface area contributed by atoms with Gasteiger partial charge >= 0.3 is 5.97 Å². The molecule has 0 aliphatic heterocycles. The molecule has 3 rings (SSSR count). The van der Waals surface area contributed by atoms with Crippen molar-refractivity contribution in [1.29, 1.82) is 0 Å². The lowest BCUT2D eigenvalue weighted by molar-refractivity contribution is -0.130. The standard InChI is InChI=1S/C28H36O8/c1-10-15(2)27(29)36-20-12-17-11-16(3)28(4,30)14-18-13-19(31-5)23(32-6)26(35-9)22(18)21(17)25(34-8)24(20)33-7/h10,12-13,16,30H,11,14H2,1-9H3/b15-10+/t16-,28-/m0/s1. The molecule has 2 aromatic rings. The van der Waals surface area contributed by atoms with Gasteiger partial charge in [-0.15, -0.1) is 0 Å². The van der Waals surface area contributed by atoms with E-state index in [1.165, 1.54) is 14.2 Å². The molecular formula is C28H36O8. The van der Waals surface area contributed by atoms with E-state index in [1.807, 2.05) is 19.9 Å². The number of esters is 1. The first-order chi connectivity index (χ1) is 17.1. The van der Waals surface area contributed by atoms with Crippen LogP contribution >= 0.6 is 0 Å². The highest BCUT2D eigenvalue weighted by Gasteiger charge is 2.38. The monoisotopic (exact) mass is 500 g/mol. The van der Waals surface area contributed by atoms with E-state index in [2.05, 4.69) is 0 Å². The molecule has 8 heteroatoms. The average molecular weight is 501 g/mol. The van der Waals surface area contributed by atoms with Crippen LogP contribution in [0.4, 0.5) is 0 Å². The molecule has 1 aliphatic carbocycles. The van der Waals surface area contributed by atoms with Crippen LogP contribution in [0.5, 0.6) is 34.5 Å². The molecular weight excluding hydrogens is 464 g/mol. The summed E-state index contributed by atoms with van der Waals surface area (Å²) in [6.07, 6.45) is 2.49. The van der Waals surface area contributed by atoms with Gasteiger partial charge in [0.25, 0.3) is 0 Å². The van der Waals surface area contributed by atoms with Gasteiger partial charge in [-0.05, 0) is 56.4 Å². The predicted octanol–water partition coefficient (Wildman–Crippen LogP) is 4.75. The van der Waals surface area contributed by atoms with Crippen molar-refractivity contribution in [3.63, 3.8) is 0 Å². The summed E-state index contributed by atoms with van der Waals surface area (Å²) in [5.41, 5.74) is 2.40. The van der Waals surface area contributed by atoms with Crippen molar-refractivity contribution < 1.29 is 38.3 Å². The van der Waals surface area contributed by atoms with Gasteiger partial charge in [0.15, 0.2) is 23.0 Å². The van der Waals surface area contributed by atoms with E-state index in [-0.39, 0.29) is 17.4 Å². The number of methoxy groups -OCH3 is 5. The number of allylic oxidation sites excluding steroid dienone is 1. The summed E-state index contributed by atoms with van der Waals surface area (Å²) >= 11 is 0. The molecule has 0 amide bonds. The van der Waals surface area contributed by atoms with E-state index < -0.39 is 11.6 Å². The van der Waals surface area contributed by atoms with Crippen molar-refractivity contribution in [1.82, 2.24) is 0 Å². The highest BCUT2D eigenvalue weighted by Crippen LogP contribution is 2.56.